The van der Waals surface area contributed by atoms with E-state index >= 15 is 0 Å². The Balaban J connectivity index is 1.75. The Morgan fingerprint density at radius 1 is 0.871 bits per heavy atom. The molecule has 31 heavy (non-hydrogen) atoms. The monoisotopic (exact) mass is 455 g/mol. The van der Waals surface area contributed by atoms with Crippen molar-refractivity contribution in [1.29, 1.82) is 0 Å². The van der Waals surface area contributed by atoms with E-state index in [1.165, 1.54) is 31.2 Å². The van der Waals surface area contributed by atoms with Gasteiger partial charge >= 0.3 is 5.97 Å². The zero-order chi connectivity index (χ0) is 22.5. The molecule has 7 heteroatoms. The van der Waals surface area contributed by atoms with Crippen molar-refractivity contribution in [2.45, 2.75) is 20.0 Å². The first-order chi connectivity index (χ1) is 14.7. The first-order valence-corrected chi connectivity index (χ1v) is 10.2. The first kappa shape index (κ1) is 22.5. The van der Waals surface area contributed by atoms with Crippen molar-refractivity contribution in [1.82, 2.24) is 0 Å². The van der Waals surface area contributed by atoms with Gasteiger partial charge in [0, 0.05) is 26.9 Å². The van der Waals surface area contributed by atoms with Gasteiger partial charge in [0.05, 0.1) is 5.56 Å². The molecular formula is C24H19Cl2NO4. The summed E-state index contributed by atoms with van der Waals surface area (Å²) in [6.45, 7) is 3.35. The van der Waals surface area contributed by atoms with E-state index in [1.54, 1.807) is 30.3 Å². The average Bonchev–Trinajstić information content (AvgIpc) is 2.73. The third-order valence-corrected chi connectivity index (χ3v) is 4.92. The average molecular weight is 456 g/mol. The third kappa shape index (κ3) is 5.72. The molecule has 0 spiro atoms. The van der Waals surface area contributed by atoms with Gasteiger partial charge < -0.3 is 10.1 Å². The van der Waals surface area contributed by atoms with Crippen LogP contribution in [0.15, 0.2) is 66.7 Å². The summed E-state index contributed by atoms with van der Waals surface area (Å²) in [7, 11) is 0. The minimum atomic E-state index is -1.12. The summed E-state index contributed by atoms with van der Waals surface area (Å²) in [5.74, 6) is -1.64. The number of anilines is 1. The normalized spacial score (nSPS) is 11.5. The van der Waals surface area contributed by atoms with E-state index in [0.717, 1.165) is 5.56 Å². The Morgan fingerprint density at radius 2 is 1.45 bits per heavy atom. The lowest BCUT2D eigenvalue weighted by Crippen LogP contribution is -2.30. The highest BCUT2D eigenvalue weighted by molar-refractivity contribution is 6.35. The number of carbonyl (C=O) groups is 3. The second-order valence-electron chi connectivity index (χ2n) is 6.94. The minimum Gasteiger partial charge on any atom is -0.449 e. The van der Waals surface area contributed by atoms with Crippen LogP contribution in [0.2, 0.25) is 10.0 Å². The smallest absolute Gasteiger partial charge is 0.339 e. The highest BCUT2D eigenvalue weighted by atomic mass is 35.5. The molecule has 0 aliphatic rings. The zero-order valence-electron chi connectivity index (χ0n) is 16.8. The molecule has 0 aliphatic heterocycles. The largest absolute Gasteiger partial charge is 0.449 e. The summed E-state index contributed by atoms with van der Waals surface area (Å²) < 4.78 is 5.31. The van der Waals surface area contributed by atoms with Crippen molar-refractivity contribution >= 4 is 46.5 Å². The van der Waals surface area contributed by atoms with Gasteiger partial charge in [-0.3, -0.25) is 9.59 Å². The fourth-order valence-corrected chi connectivity index (χ4v) is 3.39. The molecule has 0 radical (unpaired) electrons. The number of hydrogen-bond donors (Lipinski definition) is 1. The molecule has 1 atom stereocenters. The molecule has 1 amide bonds. The van der Waals surface area contributed by atoms with Crippen LogP contribution in [0.4, 0.5) is 5.69 Å². The first-order valence-electron chi connectivity index (χ1n) is 9.43. The number of carbonyl (C=O) groups excluding carboxylic acids is 3. The molecule has 0 saturated carbocycles. The van der Waals surface area contributed by atoms with Crippen LogP contribution in [0.1, 0.15) is 38.8 Å². The molecule has 0 unspecified atom stereocenters. The fourth-order valence-electron chi connectivity index (χ4n) is 2.87. The van der Waals surface area contributed by atoms with Gasteiger partial charge in [0.15, 0.2) is 11.9 Å². The summed E-state index contributed by atoms with van der Waals surface area (Å²) in [5, 5.41) is 3.31. The van der Waals surface area contributed by atoms with Gasteiger partial charge in [-0.1, -0.05) is 71.2 Å². The van der Waals surface area contributed by atoms with Crippen molar-refractivity contribution in [2.24, 2.45) is 0 Å². The summed E-state index contributed by atoms with van der Waals surface area (Å²) in [6.07, 6.45) is -1.12. The lowest BCUT2D eigenvalue weighted by atomic mass is 9.98. The molecule has 3 aromatic carbocycles. The molecule has 0 aromatic heterocycles. The van der Waals surface area contributed by atoms with Crippen molar-refractivity contribution in [3.63, 3.8) is 0 Å². The van der Waals surface area contributed by atoms with Crippen LogP contribution >= 0.6 is 23.2 Å². The van der Waals surface area contributed by atoms with E-state index < -0.39 is 18.0 Å². The predicted octanol–water partition coefficient (Wildman–Crippen LogP) is 5.72. The van der Waals surface area contributed by atoms with E-state index in [0.29, 0.717) is 21.3 Å². The number of ketones is 1. The van der Waals surface area contributed by atoms with Crippen LogP contribution in [0.3, 0.4) is 0 Å². The molecule has 0 fully saturated rings. The Labute approximate surface area is 189 Å². The lowest BCUT2D eigenvalue weighted by molar-refractivity contribution is -0.123. The molecule has 5 nitrogen and oxygen atoms in total. The molecule has 3 aromatic rings. The Hall–Kier alpha value is -3.15. The van der Waals surface area contributed by atoms with Gasteiger partial charge in [-0.05, 0) is 38.1 Å². The second kappa shape index (κ2) is 9.77. The number of halogens is 2. The molecular weight excluding hydrogens is 437 g/mol. The quantitative estimate of drug-likeness (QED) is 0.381. The summed E-state index contributed by atoms with van der Waals surface area (Å²) in [4.78, 5) is 38.1. The van der Waals surface area contributed by atoms with E-state index in [1.807, 2.05) is 19.1 Å². The molecule has 0 bridgehead atoms. The lowest BCUT2D eigenvalue weighted by Gasteiger charge is -2.15. The fraction of sp³-hybridized carbons (Fsp3) is 0.125. The number of amides is 1. The van der Waals surface area contributed by atoms with Crippen LogP contribution < -0.4 is 5.32 Å². The van der Waals surface area contributed by atoms with Crippen LogP contribution in [0.5, 0.6) is 0 Å². The number of benzene rings is 3. The van der Waals surface area contributed by atoms with Crippen LogP contribution in [-0.4, -0.2) is 23.8 Å². The zero-order valence-corrected chi connectivity index (χ0v) is 18.3. The van der Waals surface area contributed by atoms with Crippen LogP contribution in [0, 0.1) is 6.92 Å². The maximum absolute atomic E-state index is 12.9. The Kier molecular flexibility index (Phi) is 7.10. The van der Waals surface area contributed by atoms with Crippen molar-refractivity contribution in [3.05, 3.63) is 99.0 Å². The van der Waals surface area contributed by atoms with Gasteiger partial charge in [0.1, 0.15) is 0 Å². The highest BCUT2D eigenvalue weighted by Crippen LogP contribution is 2.23. The summed E-state index contributed by atoms with van der Waals surface area (Å²) >= 11 is 11.9. The number of nitrogens with one attached hydrogen (secondary N) is 1. The van der Waals surface area contributed by atoms with Crippen molar-refractivity contribution in [2.75, 3.05) is 5.32 Å². The molecule has 0 saturated heterocycles. The van der Waals surface area contributed by atoms with Gasteiger partial charge in [0.2, 0.25) is 0 Å². The van der Waals surface area contributed by atoms with Crippen LogP contribution in [0.25, 0.3) is 0 Å². The molecule has 0 aliphatic carbocycles. The van der Waals surface area contributed by atoms with E-state index in [9.17, 15) is 14.4 Å². The summed E-state index contributed by atoms with van der Waals surface area (Å²) in [5.41, 5.74) is 2.13. The highest BCUT2D eigenvalue weighted by Gasteiger charge is 2.23. The number of rotatable bonds is 6. The Bertz CT molecular complexity index is 1120. The van der Waals surface area contributed by atoms with Crippen molar-refractivity contribution in [3.8, 4) is 0 Å². The SMILES string of the molecule is Cc1ccc(C(=O)c2ccccc2C(=O)O[C@H](C)C(=O)Nc2cc(Cl)cc(Cl)c2)cc1. The molecule has 158 valence electrons. The van der Waals surface area contributed by atoms with Crippen molar-refractivity contribution < 1.29 is 19.1 Å². The second-order valence-corrected chi connectivity index (χ2v) is 7.81. The Morgan fingerprint density at radius 3 is 2.06 bits per heavy atom. The number of ether oxygens (including phenoxy) is 1. The number of esters is 1. The van der Waals surface area contributed by atoms with E-state index in [-0.39, 0.29) is 16.9 Å². The van der Waals surface area contributed by atoms with E-state index in [2.05, 4.69) is 5.32 Å². The van der Waals surface area contributed by atoms with Crippen LogP contribution in [-0.2, 0) is 9.53 Å². The molecule has 0 heterocycles. The predicted molar refractivity (Wildman–Crippen MR) is 121 cm³/mol. The summed E-state index contributed by atoms with van der Waals surface area (Å²) in [6, 6.07) is 18.0. The molecule has 1 N–H and O–H groups in total. The van der Waals surface area contributed by atoms with E-state index in [4.69, 9.17) is 27.9 Å². The minimum absolute atomic E-state index is 0.0820. The van der Waals surface area contributed by atoms with Gasteiger partial charge in [-0.15, -0.1) is 0 Å². The standard InChI is InChI=1S/C24H19Cl2NO4/c1-14-7-9-16(10-8-14)22(28)20-5-3-4-6-21(20)24(30)31-15(2)23(29)27-19-12-17(25)11-18(26)13-19/h3-13,15H,1-2H3,(H,27,29)/t15-/m1/s1. The number of hydrogen-bond acceptors (Lipinski definition) is 4. The van der Waals surface area contributed by atoms with Gasteiger partial charge in [-0.25, -0.2) is 4.79 Å². The maximum Gasteiger partial charge on any atom is 0.339 e. The topological polar surface area (TPSA) is 72.5 Å². The maximum atomic E-state index is 12.9. The van der Waals surface area contributed by atoms with Gasteiger partial charge in [0.25, 0.3) is 5.91 Å². The molecule has 3 rings (SSSR count). The third-order valence-electron chi connectivity index (χ3n) is 4.49. The van der Waals surface area contributed by atoms with Gasteiger partial charge in [-0.2, -0.15) is 0 Å². The number of aryl methyl sites for hydroxylation is 1.